The Morgan fingerprint density at radius 3 is 2.53 bits per heavy atom. The molecule has 2 aliphatic carbocycles. The molecule has 0 spiro atoms. The first kappa shape index (κ1) is 42.6. The SMILES string of the molecule is CC(C)(C)OC(=O)N[C@H]1CCCCC/C=C\[C@@H]2C[C@@]2(C(=O)NS(=O)(=O)C2(C)CC2)NC(=O)[C@@H]2C[C@@H](Oc3nc4ccccc4n3COCC[Si](C)(C)C)CN2C1=O. The van der Waals surface area contributed by atoms with Crippen molar-refractivity contribution >= 4 is 52.9 Å². The van der Waals surface area contributed by atoms with Gasteiger partial charge in [-0.25, -0.2) is 13.2 Å². The van der Waals surface area contributed by atoms with E-state index in [1.807, 2.05) is 41.0 Å². The van der Waals surface area contributed by atoms with Gasteiger partial charge in [0.05, 0.1) is 22.3 Å². The first-order valence-corrected chi connectivity index (χ1v) is 25.4. The van der Waals surface area contributed by atoms with E-state index in [4.69, 9.17) is 19.2 Å². The molecular formula is C40H60N6O9SSi. The predicted molar refractivity (Wildman–Crippen MR) is 217 cm³/mol. The molecule has 2 aromatic rings. The lowest BCUT2D eigenvalue weighted by Crippen LogP contribution is -2.58. The number of carbonyl (C=O) groups is 4. The van der Waals surface area contributed by atoms with Gasteiger partial charge in [-0.3, -0.25) is 23.7 Å². The number of imidazole rings is 1. The first-order valence-electron chi connectivity index (χ1n) is 20.3. The number of fused-ring (bicyclic) bond motifs is 3. The number of hydrogen-bond donors (Lipinski definition) is 3. The number of rotatable bonds is 11. The largest absolute Gasteiger partial charge is 0.459 e. The summed E-state index contributed by atoms with van der Waals surface area (Å²) in [6.07, 6.45) is 6.69. The third-order valence-corrected chi connectivity index (χ3v) is 15.1. The van der Waals surface area contributed by atoms with Gasteiger partial charge in [-0.05, 0) is 84.4 Å². The highest BCUT2D eigenvalue weighted by Gasteiger charge is 2.63. The Balaban J connectivity index is 1.30. The number of ether oxygens (including phenoxy) is 3. The van der Waals surface area contributed by atoms with Crippen LogP contribution in [0.25, 0.3) is 11.0 Å². The van der Waals surface area contributed by atoms with Crippen molar-refractivity contribution < 1.29 is 41.8 Å². The summed E-state index contributed by atoms with van der Waals surface area (Å²) >= 11 is 0. The van der Waals surface area contributed by atoms with Crippen LogP contribution >= 0.6 is 0 Å². The van der Waals surface area contributed by atoms with E-state index < -0.39 is 81.9 Å². The zero-order valence-corrected chi connectivity index (χ0v) is 36.2. The fraction of sp³-hybridized carbons (Fsp3) is 0.675. The number of nitrogens with zero attached hydrogens (tertiary/aromatic N) is 3. The summed E-state index contributed by atoms with van der Waals surface area (Å²) in [6.45, 7) is 14.4. The average molecular weight is 829 g/mol. The summed E-state index contributed by atoms with van der Waals surface area (Å²) in [7, 11) is -5.34. The van der Waals surface area contributed by atoms with Crippen LogP contribution in [0.1, 0.15) is 85.5 Å². The maximum Gasteiger partial charge on any atom is 0.408 e. The van der Waals surface area contributed by atoms with Gasteiger partial charge in [0.2, 0.25) is 21.8 Å². The van der Waals surface area contributed by atoms with Gasteiger partial charge < -0.3 is 29.7 Å². The predicted octanol–water partition coefficient (Wildman–Crippen LogP) is 4.98. The molecule has 5 atom stereocenters. The number of amides is 4. The molecule has 6 rings (SSSR count). The van der Waals surface area contributed by atoms with Crippen molar-refractivity contribution in [3.8, 4) is 6.01 Å². The van der Waals surface area contributed by atoms with Gasteiger partial charge >= 0.3 is 6.09 Å². The van der Waals surface area contributed by atoms with E-state index in [-0.39, 0.29) is 32.1 Å². The van der Waals surface area contributed by atoms with Crippen LogP contribution in [0.3, 0.4) is 0 Å². The quantitative estimate of drug-likeness (QED) is 0.158. The van der Waals surface area contributed by atoms with Crippen LogP contribution in [0.2, 0.25) is 25.7 Å². The number of nitrogens with one attached hydrogen (secondary N) is 3. The van der Waals surface area contributed by atoms with Crippen molar-refractivity contribution in [2.45, 2.75) is 152 Å². The number of benzene rings is 1. The van der Waals surface area contributed by atoms with Gasteiger partial charge in [0.1, 0.15) is 36.1 Å². The normalized spacial score (nSPS) is 27.2. The molecular weight excluding hydrogens is 769 g/mol. The van der Waals surface area contributed by atoms with E-state index >= 15 is 0 Å². The Hall–Kier alpha value is -3.96. The first-order chi connectivity index (χ1) is 26.7. The van der Waals surface area contributed by atoms with Crippen LogP contribution in [-0.2, 0) is 40.6 Å². The number of alkyl carbamates (subject to hydrolysis) is 1. The Morgan fingerprint density at radius 2 is 1.82 bits per heavy atom. The number of allylic oxidation sites excluding steroid dienone is 1. The highest BCUT2D eigenvalue weighted by molar-refractivity contribution is 7.91. The Kier molecular flexibility index (Phi) is 12.2. The summed E-state index contributed by atoms with van der Waals surface area (Å²) in [4.78, 5) is 62.2. The molecule has 0 bridgehead atoms. The summed E-state index contributed by atoms with van der Waals surface area (Å²) in [5, 5.41) is 5.67. The third-order valence-electron chi connectivity index (χ3n) is 11.3. The second-order valence-corrected chi connectivity index (χ2v) is 26.4. The minimum atomic E-state index is -3.99. The lowest BCUT2D eigenvalue weighted by Gasteiger charge is -2.30. The molecule has 3 fully saturated rings. The van der Waals surface area contributed by atoms with Crippen molar-refractivity contribution in [2.75, 3.05) is 13.2 Å². The third kappa shape index (κ3) is 10.2. The second kappa shape index (κ2) is 16.4. The molecule has 2 aliphatic heterocycles. The summed E-state index contributed by atoms with van der Waals surface area (Å²) in [5.74, 6) is -2.34. The minimum absolute atomic E-state index is 0.0155. The number of hydrogen-bond acceptors (Lipinski definition) is 10. The molecule has 4 amide bonds. The average Bonchev–Trinajstić information content (AvgIpc) is 3.94. The standard InChI is InChI=1S/C40H60N6O9SSi/c1-38(2,3)55-37(50)42-30-17-12-10-8-9-11-15-27-24-40(27,35(49)44-56(51,52)39(4)19-20-39)43-33(47)32-23-28(25-45(32)34(30)48)54-36-41-29-16-13-14-18-31(29)46(36)26-53-21-22-57(5,6)7/h11,13-16,18,27-28,30,32H,8-10,12,17,19-26H2,1-7H3,(H,42,50)(H,43,47)(H,44,49)/b15-11-/t27-,28-,30+,32+,40-/m1/s1. The maximum atomic E-state index is 14.6. The van der Waals surface area contributed by atoms with Gasteiger partial charge in [-0.15, -0.1) is 0 Å². The summed E-state index contributed by atoms with van der Waals surface area (Å²) in [5.41, 5.74) is -0.826. The number of sulfonamides is 1. The smallest absolute Gasteiger partial charge is 0.408 e. The monoisotopic (exact) mass is 828 g/mol. The lowest BCUT2D eigenvalue weighted by molar-refractivity contribution is -0.141. The maximum absolute atomic E-state index is 14.6. The van der Waals surface area contributed by atoms with Gasteiger partial charge in [-0.2, -0.15) is 4.98 Å². The molecule has 3 heterocycles. The van der Waals surface area contributed by atoms with E-state index in [0.717, 1.165) is 24.4 Å². The molecule has 57 heavy (non-hydrogen) atoms. The Labute approximate surface area is 337 Å². The zero-order valence-electron chi connectivity index (χ0n) is 34.4. The zero-order chi connectivity index (χ0) is 41.4. The van der Waals surface area contributed by atoms with E-state index in [0.29, 0.717) is 44.2 Å². The van der Waals surface area contributed by atoms with Crippen molar-refractivity contribution in [1.29, 1.82) is 0 Å². The molecule has 3 N–H and O–H groups in total. The van der Waals surface area contributed by atoms with Gasteiger partial charge in [-0.1, -0.05) is 56.8 Å². The molecule has 2 saturated carbocycles. The highest BCUT2D eigenvalue weighted by Crippen LogP contribution is 2.47. The summed E-state index contributed by atoms with van der Waals surface area (Å²) < 4.78 is 47.7. The molecule has 1 aromatic carbocycles. The molecule has 1 aromatic heterocycles. The number of aromatic nitrogens is 2. The molecule has 4 aliphatic rings. The molecule has 17 heteroatoms. The van der Waals surface area contributed by atoms with E-state index in [1.165, 1.54) is 4.90 Å². The van der Waals surface area contributed by atoms with E-state index in [9.17, 15) is 27.6 Å². The van der Waals surface area contributed by atoms with Gasteiger partial charge in [0.25, 0.3) is 11.9 Å². The van der Waals surface area contributed by atoms with E-state index in [1.54, 1.807) is 27.7 Å². The van der Waals surface area contributed by atoms with Crippen molar-refractivity contribution in [3.63, 3.8) is 0 Å². The van der Waals surface area contributed by atoms with Gasteiger partial charge in [0, 0.05) is 27.0 Å². The highest BCUT2D eigenvalue weighted by atomic mass is 32.2. The Morgan fingerprint density at radius 1 is 1.09 bits per heavy atom. The summed E-state index contributed by atoms with van der Waals surface area (Å²) in [6, 6.07) is 6.71. The fourth-order valence-electron chi connectivity index (χ4n) is 7.35. The van der Waals surface area contributed by atoms with Crippen LogP contribution in [0.4, 0.5) is 4.79 Å². The lowest BCUT2D eigenvalue weighted by atomic mass is 10.0. The van der Waals surface area contributed by atoms with Crippen molar-refractivity contribution in [3.05, 3.63) is 36.4 Å². The molecule has 15 nitrogen and oxygen atoms in total. The van der Waals surface area contributed by atoms with Gasteiger partial charge in [0.15, 0.2) is 0 Å². The molecule has 0 unspecified atom stereocenters. The van der Waals surface area contributed by atoms with E-state index in [2.05, 4.69) is 35.0 Å². The second-order valence-electron chi connectivity index (χ2n) is 18.6. The van der Waals surface area contributed by atoms with Crippen molar-refractivity contribution in [2.24, 2.45) is 5.92 Å². The van der Waals surface area contributed by atoms with Crippen LogP contribution < -0.4 is 20.1 Å². The van der Waals surface area contributed by atoms with Crippen LogP contribution in [0, 0.1) is 5.92 Å². The fourth-order valence-corrected chi connectivity index (χ4v) is 9.42. The topological polar surface area (TPSA) is 187 Å². The van der Waals surface area contributed by atoms with Crippen molar-refractivity contribution in [1.82, 2.24) is 29.8 Å². The molecule has 1 saturated heterocycles. The minimum Gasteiger partial charge on any atom is -0.459 e. The molecule has 314 valence electrons. The van der Waals surface area contributed by atoms with Crippen LogP contribution in [0.15, 0.2) is 36.4 Å². The number of para-hydroxylation sites is 2. The molecule has 0 radical (unpaired) electrons. The Bertz CT molecular complexity index is 1990. The number of carbonyl (C=O) groups excluding carboxylic acids is 4. The van der Waals surface area contributed by atoms with Crippen LogP contribution in [-0.4, -0.2) is 102 Å². The van der Waals surface area contributed by atoms with Crippen LogP contribution in [0.5, 0.6) is 6.01 Å².